The Balaban J connectivity index is 1.16. The van der Waals surface area contributed by atoms with Crippen LogP contribution in [-0.2, 0) is 28.0 Å². The van der Waals surface area contributed by atoms with Crippen LogP contribution in [-0.4, -0.2) is 42.7 Å². The van der Waals surface area contributed by atoms with Gasteiger partial charge >= 0.3 is 12.1 Å². The third-order valence-corrected chi connectivity index (χ3v) is 10.0. The molecule has 0 aliphatic heterocycles. The van der Waals surface area contributed by atoms with Crippen LogP contribution < -0.4 is 20.1 Å². The number of carbonyl (C=O) groups is 3. The van der Waals surface area contributed by atoms with Crippen LogP contribution in [0.5, 0.6) is 11.6 Å². The molecule has 2 aromatic carbocycles. The van der Waals surface area contributed by atoms with E-state index >= 15 is 0 Å². The number of nitrogens with zero attached hydrogens (tertiary/aromatic N) is 1. The topological polar surface area (TPSA) is 116 Å². The van der Waals surface area contributed by atoms with Crippen molar-refractivity contribution in [1.82, 2.24) is 15.6 Å². The van der Waals surface area contributed by atoms with Crippen molar-refractivity contribution < 1.29 is 28.6 Å². The summed E-state index contributed by atoms with van der Waals surface area (Å²) in [5, 5.41) is 5.60. The number of pyridine rings is 1. The molecule has 3 atom stereocenters. The van der Waals surface area contributed by atoms with E-state index < -0.39 is 12.1 Å². The summed E-state index contributed by atoms with van der Waals surface area (Å²) in [4.78, 5) is 41.0. The number of carbonyl (C=O) groups excluding carboxylic acids is 3. The average molecular weight is 642 g/mol. The Morgan fingerprint density at radius 2 is 1.81 bits per heavy atom. The van der Waals surface area contributed by atoms with E-state index in [4.69, 9.17) is 14.2 Å². The minimum absolute atomic E-state index is 0.0179. The van der Waals surface area contributed by atoms with Crippen molar-refractivity contribution in [3.05, 3.63) is 88.6 Å². The van der Waals surface area contributed by atoms with Gasteiger partial charge in [0.15, 0.2) is 5.75 Å². The van der Waals surface area contributed by atoms with E-state index in [2.05, 4.69) is 61.5 Å². The maximum atomic E-state index is 13.3. The van der Waals surface area contributed by atoms with Gasteiger partial charge in [-0.05, 0) is 102 Å². The smallest absolute Gasteiger partial charge is 0.414 e. The quantitative estimate of drug-likeness (QED) is 0.220. The number of ether oxygens (including phenoxy) is 3. The van der Waals surface area contributed by atoms with E-state index in [0.717, 1.165) is 31.2 Å². The van der Waals surface area contributed by atoms with Crippen LogP contribution in [0.4, 0.5) is 4.79 Å². The molecule has 0 radical (unpaired) electrons. The SMILES string of the molecule is CCOC(=O)CNC(=O)Oc1ncccc1OCc1ccc(C(=O)NC[C@@]2(C)CCC[C@]3(C)c4ccc(C(C)C)cc4CC[C@@H]23)cc1. The number of hydrogen-bond donors (Lipinski definition) is 2. The zero-order valence-electron chi connectivity index (χ0n) is 28.2. The molecular weight excluding hydrogens is 594 g/mol. The fourth-order valence-electron chi connectivity index (χ4n) is 7.56. The van der Waals surface area contributed by atoms with Gasteiger partial charge in [-0.1, -0.05) is 64.4 Å². The number of amides is 2. The summed E-state index contributed by atoms with van der Waals surface area (Å²) in [5.74, 6) is 0.615. The van der Waals surface area contributed by atoms with Gasteiger partial charge in [0.2, 0.25) is 0 Å². The zero-order valence-corrected chi connectivity index (χ0v) is 28.2. The maximum absolute atomic E-state index is 13.3. The Labute approximate surface area is 277 Å². The Hall–Kier alpha value is -4.40. The first-order valence-corrected chi connectivity index (χ1v) is 16.7. The number of esters is 1. The molecule has 2 aliphatic rings. The Kier molecular flexibility index (Phi) is 10.5. The predicted molar refractivity (Wildman–Crippen MR) is 180 cm³/mol. The molecule has 2 amide bonds. The van der Waals surface area contributed by atoms with Crippen molar-refractivity contribution in [1.29, 1.82) is 0 Å². The molecule has 1 heterocycles. The molecule has 0 spiro atoms. The maximum Gasteiger partial charge on any atom is 0.414 e. The normalized spacial score (nSPS) is 21.6. The molecule has 1 aromatic heterocycles. The fraction of sp³-hybridized carbons (Fsp3) is 0.474. The summed E-state index contributed by atoms with van der Waals surface area (Å²) in [6, 6.07) is 17.7. The fourth-order valence-corrected chi connectivity index (χ4v) is 7.56. The van der Waals surface area contributed by atoms with Gasteiger partial charge < -0.3 is 24.8 Å². The summed E-state index contributed by atoms with van der Waals surface area (Å²) < 4.78 is 15.9. The van der Waals surface area contributed by atoms with E-state index in [0.29, 0.717) is 23.9 Å². The first-order chi connectivity index (χ1) is 22.5. The van der Waals surface area contributed by atoms with Crippen LogP contribution >= 0.6 is 0 Å². The standard InChI is InChI=1S/C38H47N3O6/c1-6-45-33(42)22-40-36(44)47-35-31(9-7-20-39-35)46-23-26-10-12-27(13-11-26)34(43)41-24-37(4)18-8-19-38(5)30-16-14-28(25(2)3)21-29(30)15-17-32(37)38/h7,9-14,16,20-21,25,32H,6,8,15,17-19,22-24H2,1-5H3,(H,40,44)(H,41,43)/t32-,37+,38+/m0/s1. The van der Waals surface area contributed by atoms with E-state index in [-0.39, 0.29) is 48.1 Å². The molecule has 0 saturated heterocycles. The molecule has 0 bridgehead atoms. The molecule has 9 heteroatoms. The number of rotatable bonds is 11. The highest BCUT2D eigenvalue weighted by Gasteiger charge is 2.51. The predicted octanol–water partition coefficient (Wildman–Crippen LogP) is 6.88. The number of aromatic nitrogens is 1. The van der Waals surface area contributed by atoms with Crippen molar-refractivity contribution in [3.63, 3.8) is 0 Å². The van der Waals surface area contributed by atoms with E-state index in [1.165, 1.54) is 29.3 Å². The van der Waals surface area contributed by atoms with E-state index in [1.54, 1.807) is 31.2 Å². The van der Waals surface area contributed by atoms with Crippen LogP contribution in [0.3, 0.4) is 0 Å². The molecule has 1 fully saturated rings. The van der Waals surface area contributed by atoms with Crippen LogP contribution in [0.2, 0.25) is 0 Å². The summed E-state index contributed by atoms with van der Waals surface area (Å²) in [5.41, 5.74) is 6.00. The van der Waals surface area contributed by atoms with E-state index in [9.17, 15) is 14.4 Å². The minimum Gasteiger partial charge on any atom is -0.483 e. The molecule has 9 nitrogen and oxygen atoms in total. The lowest BCUT2D eigenvalue weighted by molar-refractivity contribution is -0.141. The largest absolute Gasteiger partial charge is 0.483 e. The van der Waals surface area contributed by atoms with Gasteiger partial charge in [0.05, 0.1) is 6.61 Å². The molecule has 1 saturated carbocycles. The highest BCUT2D eigenvalue weighted by Crippen LogP contribution is 2.57. The Morgan fingerprint density at radius 1 is 1.02 bits per heavy atom. The van der Waals surface area contributed by atoms with Gasteiger partial charge in [-0.25, -0.2) is 9.78 Å². The molecule has 3 aromatic rings. The highest BCUT2D eigenvalue weighted by atomic mass is 16.6. The number of nitrogens with one attached hydrogen (secondary N) is 2. The molecule has 0 unspecified atom stereocenters. The molecule has 250 valence electrons. The third-order valence-electron chi connectivity index (χ3n) is 10.0. The van der Waals surface area contributed by atoms with Crippen LogP contribution in [0, 0.1) is 11.3 Å². The summed E-state index contributed by atoms with van der Waals surface area (Å²) >= 11 is 0. The lowest BCUT2D eigenvalue weighted by atomic mass is 9.49. The van der Waals surface area contributed by atoms with Gasteiger partial charge in [0, 0.05) is 18.3 Å². The second kappa shape index (κ2) is 14.6. The Morgan fingerprint density at radius 3 is 2.55 bits per heavy atom. The molecule has 47 heavy (non-hydrogen) atoms. The van der Waals surface area contributed by atoms with Crippen molar-refractivity contribution in [2.45, 2.75) is 84.7 Å². The zero-order chi connectivity index (χ0) is 33.6. The van der Waals surface area contributed by atoms with Crippen LogP contribution in [0.25, 0.3) is 0 Å². The van der Waals surface area contributed by atoms with Crippen LogP contribution in [0.15, 0.2) is 60.8 Å². The first kappa shape index (κ1) is 33.9. The van der Waals surface area contributed by atoms with Crippen molar-refractivity contribution in [2.24, 2.45) is 11.3 Å². The molecular formula is C38H47N3O6. The van der Waals surface area contributed by atoms with Crippen molar-refractivity contribution >= 4 is 18.0 Å². The number of fused-ring (bicyclic) bond motifs is 3. The second-order valence-electron chi connectivity index (χ2n) is 13.6. The van der Waals surface area contributed by atoms with Crippen molar-refractivity contribution in [3.8, 4) is 11.6 Å². The first-order valence-electron chi connectivity index (χ1n) is 16.7. The summed E-state index contributed by atoms with van der Waals surface area (Å²) in [6.45, 7) is 11.7. The van der Waals surface area contributed by atoms with Crippen molar-refractivity contribution in [2.75, 3.05) is 19.7 Å². The lowest BCUT2D eigenvalue weighted by Gasteiger charge is -2.55. The third kappa shape index (κ3) is 7.77. The van der Waals surface area contributed by atoms with Gasteiger partial charge in [-0.3, -0.25) is 9.59 Å². The Bertz CT molecular complexity index is 1590. The summed E-state index contributed by atoms with van der Waals surface area (Å²) in [7, 11) is 0. The molecule has 2 aliphatic carbocycles. The van der Waals surface area contributed by atoms with Gasteiger partial charge in [-0.15, -0.1) is 0 Å². The van der Waals surface area contributed by atoms with Gasteiger partial charge in [-0.2, -0.15) is 0 Å². The minimum atomic E-state index is -0.850. The van der Waals surface area contributed by atoms with Crippen LogP contribution in [0.1, 0.15) is 98.8 Å². The van der Waals surface area contributed by atoms with E-state index in [1.807, 2.05) is 12.1 Å². The molecule has 2 N–H and O–H groups in total. The number of benzene rings is 2. The molecule has 5 rings (SSSR count). The second-order valence-corrected chi connectivity index (χ2v) is 13.6. The van der Waals surface area contributed by atoms with Gasteiger partial charge in [0.25, 0.3) is 11.8 Å². The lowest BCUT2D eigenvalue weighted by Crippen LogP contribution is -2.53. The van der Waals surface area contributed by atoms with Gasteiger partial charge in [0.1, 0.15) is 13.2 Å². The average Bonchev–Trinajstić information content (AvgIpc) is 3.06. The summed E-state index contributed by atoms with van der Waals surface area (Å²) in [6.07, 6.45) is 6.31. The monoisotopic (exact) mass is 641 g/mol. The number of aryl methyl sites for hydroxylation is 1. The highest BCUT2D eigenvalue weighted by molar-refractivity contribution is 5.94. The number of hydrogen-bond acceptors (Lipinski definition) is 7.